The molecule has 0 bridgehead atoms. The summed E-state index contributed by atoms with van der Waals surface area (Å²) in [7, 11) is 0. The summed E-state index contributed by atoms with van der Waals surface area (Å²) in [5.41, 5.74) is 6.47. The molecule has 2 rings (SSSR count). The highest BCUT2D eigenvalue weighted by molar-refractivity contribution is 6.33. The predicted octanol–water partition coefficient (Wildman–Crippen LogP) is 0.899. The van der Waals surface area contributed by atoms with Crippen molar-refractivity contribution in [2.24, 2.45) is 0 Å². The Hall–Kier alpha value is -1.79. The number of morpholine rings is 1. The van der Waals surface area contributed by atoms with Crippen LogP contribution >= 0.6 is 11.6 Å². The van der Waals surface area contributed by atoms with Crippen LogP contribution in [0.4, 0.5) is 5.69 Å². The molecule has 0 spiro atoms. The molecule has 1 saturated heterocycles. The highest BCUT2D eigenvalue weighted by atomic mass is 35.5. The van der Waals surface area contributed by atoms with Crippen molar-refractivity contribution in [3.05, 3.63) is 28.8 Å². The highest BCUT2D eigenvalue weighted by Crippen LogP contribution is 2.21. The van der Waals surface area contributed by atoms with Gasteiger partial charge in [0.25, 0.3) is 5.91 Å². The van der Waals surface area contributed by atoms with Gasteiger partial charge in [0.05, 0.1) is 23.9 Å². The van der Waals surface area contributed by atoms with E-state index < -0.39 is 6.04 Å². The standard InChI is InChI=1S/C14H18ClN3O3/c1-2-17-13(19)12-8-21-6-5-18(12)14(20)9-3-4-10(15)11(16)7-9/h3-4,7,12H,2,5-6,8,16H2,1H3,(H,17,19). The van der Waals surface area contributed by atoms with Crippen LogP contribution in [0.1, 0.15) is 17.3 Å². The zero-order chi connectivity index (χ0) is 15.4. The van der Waals surface area contributed by atoms with Gasteiger partial charge in [0, 0.05) is 18.7 Å². The highest BCUT2D eigenvalue weighted by Gasteiger charge is 2.33. The lowest BCUT2D eigenvalue weighted by Gasteiger charge is -2.34. The second-order valence-electron chi connectivity index (χ2n) is 4.72. The van der Waals surface area contributed by atoms with E-state index in [0.717, 1.165) is 0 Å². The first-order valence-electron chi connectivity index (χ1n) is 6.76. The summed E-state index contributed by atoms with van der Waals surface area (Å²) in [6.07, 6.45) is 0. The summed E-state index contributed by atoms with van der Waals surface area (Å²) in [6, 6.07) is 4.08. The van der Waals surface area contributed by atoms with Crippen LogP contribution < -0.4 is 11.1 Å². The second-order valence-corrected chi connectivity index (χ2v) is 5.13. The van der Waals surface area contributed by atoms with E-state index in [0.29, 0.717) is 36.0 Å². The number of nitrogen functional groups attached to an aromatic ring is 1. The van der Waals surface area contributed by atoms with Gasteiger partial charge in [-0.15, -0.1) is 0 Å². The van der Waals surface area contributed by atoms with Crippen LogP contribution in [-0.2, 0) is 9.53 Å². The first-order valence-corrected chi connectivity index (χ1v) is 7.13. The number of anilines is 1. The number of ether oxygens (including phenoxy) is 1. The zero-order valence-corrected chi connectivity index (χ0v) is 12.5. The van der Waals surface area contributed by atoms with E-state index in [1.165, 1.54) is 11.0 Å². The van der Waals surface area contributed by atoms with E-state index in [1.54, 1.807) is 12.1 Å². The minimum absolute atomic E-state index is 0.195. The summed E-state index contributed by atoms with van der Waals surface area (Å²) < 4.78 is 5.31. The molecule has 114 valence electrons. The van der Waals surface area contributed by atoms with Crippen molar-refractivity contribution in [1.82, 2.24) is 10.2 Å². The first-order chi connectivity index (χ1) is 10.0. The molecule has 0 aromatic heterocycles. The number of hydrogen-bond donors (Lipinski definition) is 2. The van der Waals surface area contributed by atoms with Crippen LogP contribution in [0.25, 0.3) is 0 Å². The van der Waals surface area contributed by atoms with Crippen LogP contribution in [0, 0.1) is 0 Å². The number of nitrogens with one attached hydrogen (secondary N) is 1. The first kappa shape index (κ1) is 15.6. The summed E-state index contributed by atoms with van der Waals surface area (Å²) in [5.74, 6) is -0.467. The number of carbonyl (C=O) groups excluding carboxylic acids is 2. The van der Waals surface area contributed by atoms with Crippen molar-refractivity contribution in [2.45, 2.75) is 13.0 Å². The third-order valence-electron chi connectivity index (χ3n) is 3.29. The zero-order valence-electron chi connectivity index (χ0n) is 11.8. The SMILES string of the molecule is CCNC(=O)C1COCCN1C(=O)c1ccc(Cl)c(N)c1. The van der Waals surface area contributed by atoms with Gasteiger partial charge in [-0.05, 0) is 25.1 Å². The Morgan fingerprint density at radius 3 is 2.95 bits per heavy atom. The summed E-state index contributed by atoms with van der Waals surface area (Å²) in [6.45, 7) is 3.30. The molecule has 1 aromatic carbocycles. The van der Waals surface area contributed by atoms with Gasteiger partial charge in [0.1, 0.15) is 6.04 Å². The Bertz CT molecular complexity index is 550. The Balaban J connectivity index is 2.21. The van der Waals surface area contributed by atoms with Crippen LogP contribution in [-0.4, -0.2) is 49.1 Å². The number of likely N-dealkylation sites (N-methyl/N-ethyl adjacent to an activating group) is 1. The molecule has 0 aliphatic carbocycles. The molecule has 1 aromatic rings. The van der Waals surface area contributed by atoms with Gasteiger partial charge in [0.15, 0.2) is 0 Å². The monoisotopic (exact) mass is 311 g/mol. The number of halogens is 1. The molecule has 1 unspecified atom stereocenters. The van der Waals surface area contributed by atoms with Gasteiger partial charge >= 0.3 is 0 Å². The lowest BCUT2D eigenvalue weighted by atomic mass is 10.1. The summed E-state index contributed by atoms with van der Waals surface area (Å²) in [5, 5.41) is 3.11. The molecule has 21 heavy (non-hydrogen) atoms. The van der Waals surface area contributed by atoms with Gasteiger partial charge < -0.3 is 20.7 Å². The quantitative estimate of drug-likeness (QED) is 0.812. The lowest BCUT2D eigenvalue weighted by molar-refractivity contribution is -0.130. The molecule has 3 N–H and O–H groups in total. The molecule has 1 fully saturated rings. The van der Waals surface area contributed by atoms with E-state index in [2.05, 4.69) is 5.32 Å². The summed E-state index contributed by atoms with van der Waals surface area (Å²) >= 11 is 5.86. The van der Waals surface area contributed by atoms with Gasteiger partial charge in [-0.2, -0.15) is 0 Å². The average Bonchev–Trinajstić information content (AvgIpc) is 2.49. The van der Waals surface area contributed by atoms with Crippen LogP contribution in [0.15, 0.2) is 18.2 Å². The largest absolute Gasteiger partial charge is 0.398 e. The van der Waals surface area contributed by atoms with Gasteiger partial charge in [-0.1, -0.05) is 11.6 Å². The third-order valence-corrected chi connectivity index (χ3v) is 3.63. The molecule has 7 heteroatoms. The average molecular weight is 312 g/mol. The number of hydrogen-bond acceptors (Lipinski definition) is 4. The van der Waals surface area contributed by atoms with Crippen molar-refractivity contribution >= 4 is 29.1 Å². The maximum absolute atomic E-state index is 12.6. The molecule has 0 radical (unpaired) electrons. The Labute approximate surface area is 128 Å². The molecule has 1 heterocycles. The number of carbonyl (C=O) groups is 2. The number of benzene rings is 1. The molecule has 1 atom stereocenters. The van der Waals surface area contributed by atoms with Crippen molar-refractivity contribution in [2.75, 3.05) is 32.0 Å². The van der Waals surface area contributed by atoms with E-state index in [-0.39, 0.29) is 18.4 Å². The number of nitrogens with two attached hydrogens (primary N) is 1. The lowest BCUT2D eigenvalue weighted by Crippen LogP contribution is -2.55. The Morgan fingerprint density at radius 1 is 1.52 bits per heavy atom. The Kier molecular flexibility index (Phi) is 5.03. The topological polar surface area (TPSA) is 84.7 Å². The van der Waals surface area contributed by atoms with Crippen molar-refractivity contribution < 1.29 is 14.3 Å². The minimum Gasteiger partial charge on any atom is -0.398 e. The van der Waals surface area contributed by atoms with Crippen LogP contribution in [0.3, 0.4) is 0 Å². The fraction of sp³-hybridized carbons (Fsp3) is 0.429. The van der Waals surface area contributed by atoms with Gasteiger partial charge in [-0.25, -0.2) is 0 Å². The number of nitrogens with zero attached hydrogens (tertiary/aromatic N) is 1. The molecule has 2 amide bonds. The smallest absolute Gasteiger partial charge is 0.254 e. The third kappa shape index (κ3) is 3.46. The summed E-state index contributed by atoms with van der Waals surface area (Å²) in [4.78, 5) is 26.1. The van der Waals surface area contributed by atoms with Crippen molar-refractivity contribution in [3.8, 4) is 0 Å². The molecule has 0 saturated carbocycles. The molecular formula is C14H18ClN3O3. The van der Waals surface area contributed by atoms with E-state index in [4.69, 9.17) is 22.1 Å². The van der Waals surface area contributed by atoms with Gasteiger partial charge in [-0.3, -0.25) is 9.59 Å². The normalized spacial score (nSPS) is 18.4. The van der Waals surface area contributed by atoms with E-state index in [9.17, 15) is 9.59 Å². The van der Waals surface area contributed by atoms with Gasteiger partial charge in [0.2, 0.25) is 5.91 Å². The van der Waals surface area contributed by atoms with Crippen molar-refractivity contribution in [3.63, 3.8) is 0 Å². The molecule has 1 aliphatic heterocycles. The van der Waals surface area contributed by atoms with Crippen LogP contribution in [0.2, 0.25) is 5.02 Å². The van der Waals surface area contributed by atoms with Crippen LogP contribution in [0.5, 0.6) is 0 Å². The molecule has 1 aliphatic rings. The maximum atomic E-state index is 12.6. The predicted molar refractivity (Wildman–Crippen MR) is 80.2 cm³/mol. The van der Waals surface area contributed by atoms with E-state index >= 15 is 0 Å². The van der Waals surface area contributed by atoms with Crippen molar-refractivity contribution in [1.29, 1.82) is 0 Å². The number of rotatable bonds is 3. The Morgan fingerprint density at radius 2 is 2.29 bits per heavy atom. The molecule has 6 nitrogen and oxygen atoms in total. The molecular weight excluding hydrogens is 294 g/mol. The number of amides is 2. The fourth-order valence-electron chi connectivity index (χ4n) is 2.20. The maximum Gasteiger partial charge on any atom is 0.254 e. The van der Waals surface area contributed by atoms with E-state index in [1.807, 2.05) is 6.92 Å². The fourth-order valence-corrected chi connectivity index (χ4v) is 2.32. The second kappa shape index (κ2) is 6.78. The minimum atomic E-state index is -0.622.